The number of carboxylic acids is 1. The second kappa shape index (κ2) is 15.0. The first-order valence-corrected chi connectivity index (χ1v) is 17.0. The lowest BCUT2D eigenvalue weighted by Gasteiger charge is -2.30. The van der Waals surface area contributed by atoms with Gasteiger partial charge in [-0.05, 0) is 68.7 Å². The number of aromatic carboxylic acids is 1. The van der Waals surface area contributed by atoms with Gasteiger partial charge in [-0.3, -0.25) is 9.59 Å². The van der Waals surface area contributed by atoms with E-state index in [-0.39, 0.29) is 23.2 Å². The van der Waals surface area contributed by atoms with Gasteiger partial charge in [0.2, 0.25) is 5.91 Å². The van der Waals surface area contributed by atoms with E-state index in [1.807, 2.05) is 30.3 Å². The Hall–Kier alpha value is -5.14. The topological polar surface area (TPSA) is 151 Å². The predicted molar refractivity (Wildman–Crippen MR) is 187 cm³/mol. The van der Waals surface area contributed by atoms with Gasteiger partial charge in [-0.1, -0.05) is 48.5 Å². The van der Waals surface area contributed by atoms with E-state index in [2.05, 4.69) is 10.6 Å². The molecule has 49 heavy (non-hydrogen) atoms. The Morgan fingerprint density at radius 1 is 0.918 bits per heavy atom. The third-order valence-electron chi connectivity index (χ3n) is 7.42. The Morgan fingerprint density at radius 3 is 2.29 bits per heavy atom. The Morgan fingerprint density at radius 2 is 1.61 bits per heavy atom. The number of esters is 1. The lowest BCUT2D eigenvalue weighted by atomic mass is 10.0. The normalized spacial score (nSPS) is 13.1. The zero-order valence-corrected chi connectivity index (χ0v) is 28.9. The zero-order valence-electron chi connectivity index (χ0n) is 27.3. The number of rotatable bonds is 9. The quantitative estimate of drug-likeness (QED) is 0.121. The van der Waals surface area contributed by atoms with Gasteiger partial charge >= 0.3 is 18.0 Å². The summed E-state index contributed by atoms with van der Waals surface area (Å²) in [5.41, 5.74) is 1.34. The van der Waals surface area contributed by atoms with Gasteiger partial charge < -0.3 is 30.1 Å². The predicted octanol–water partition coefficient (Wildman–Crippen LogP) is 7.25. The molecule has 0 fully saturated rings. The number of anilines is 2. The fourth-order valence-electron chi connectivity index (χ4n) is 5.22. The van der Waals surface area contributed by atoms with Crippen LogP contribution < -0.4 is 10.6 Å². The molecule has 0 saturated carbocycles. The first kappa shape index (κ1) is 35.2. The average molecular weight is 702 g/mol. The molecule has 1 aliphatic heterocycles. The number of methoxy groups -OCH3 is 1. The van der Waals surface area contributed by atoms with Crippen molar-refractivity contribution in [3.8, 4) is 0 Å². The molecule has 2 heterocycles. The van der Waals surface area contributed by atoms with Crippen molar-refractivity contribution in [2.24, 2.45) is 0 Å². The van der Waals surface area contributed by atoms with Crippen LogP contribution >= 0.6 is 23.1 Å². The fourth-order valence-corrected chi connectivity index (χ4v) is 7.56. The highest BCUT2D eigenvalue weighted by atomic mass is 32.2. The lowest BCUT2D eigenvalue weighted by Crippen LogP contribution is -2.39. The standard InChI is InChI=1S/C36H35N3O8S2/c1-36(2,3)47-35(45)39-18-17-26-27(20-39)49-32(28(26)34(44)46-4)38-31(41)29(21-11-6-5-7-12-21)48-23-14-10-13-22(19-23)37-30(40)24-15-8-9-16-25(24)33(42)43/h5-16,19,29H,17-18,20H2,1-4H3,(H,37,40)(H,38,41)(H,42,43). The minimum absolute atomic E-state index is 0.0175. The maximum absolute atomic E-state index is 14.1. The van der Waals surface area contributed by atoms with Crippen molar-refractivity contribution >= 4 is 63.6 Å². The minimum atomic E-state index is -1.21. The summed E-state index contributed by atoms with van der Waals surface area (Å²) >= 11 is 2.46. The molecule has 3 amide bonds. The monoisotopic (exact) mass is 701 g/mol. The molecule has 0 bridgehead atoms. The zero-order chi connectivity index (χ0) is 35.3. The van der Waals surface area contributed by atoms with E-state index in [4.69, 9.17) is 9.47 Å². The van der Waals surface area contributed by atoms with Gasteiger partial charge in [0.25, 0.3) is 5.91 Å². The second-order valence-corrected chi connectivity index (χ2v) is 14.4. The number of hydrogen-bond acceptors (Lipinski definition) is 9. The number of thioether (sulfide) groups is 1. The van der Waals surface area contributed by atoms with Crippen molar-refractivity contribution in [2.45, 2.75) is 49.5 Å². The summed E-state index contributed by atoms with van der Waals surface area (Å²) in [5.74, 6) is -2.78. The van der Waals surface area contributed by atoms with Gasteiger partial charge in [-0.2, -0.15) is 0 Å². The van der Waals surface area contributed by atoms with E-state index in [1.54, 1.807) is 62.1 Å². The van der Waals surface area contributed by atoms with Crippen LogP contribution in [-0.4, -0.2) is 59.1 Å². The number of amides is 3. The summed E-state index contributed by atoms with van der Waals surface area (Å²) in [6.45, 7) is 5.95. The molecule has 11 nitrogen and oxygen atoms in total. The molecule has 1 aliphatic rings. The van der Waals surface area contributed by atoms with Crippen LogP contribution in [0.2, 0.25) is 0 Å². The molecular weight excluding hydrogens is 667 g/mol. The van der Waals surface area contributed by atoms with Gasteiger partial charge in [0.15, 0.2) is 0 Å². The SMILES string of the molecule is COC(=O)c1c(NC(=O)C(Sc2cccc(NC(=O)c3ccccc3C(=O)O)c2)c2ccccc2)sc2c1CCN(C(=O)OC(C)(C)C)C2. The Bertz CT molecular complexity index is 1900. The van der Waals surface area contributed by atoms with Crippen molar-refractivity contribution in [1.29, 1.82) is 0 Å². The summed E-state index contributed by atoms with van der Waals surface area (Å²) in [4.78, 5) is 67.5. The minimum Gasteiger partial charge on any atom is -0.478 e. The van der Waals surface area contributed by atoms with Crippen LogP contribution in [-0.2, 0) is 27.2 Å². The first-order chi connectivity index (χ1) is 23.3. The highest BCUT2D eigenvalue weighted by Crippen LogP contribution is 2.41. The Balaban J connectivity index is 1.40. The molecule has 0 radical (unpaired) electrons. The lowest BCUT2D eigenvalue weighted by molar-refractivity contribution is -0.115. The molecule has 13 heteroatoms. The number of thiophene rings is 1. The van der Waals surface area contributed by atoms with Crippen LogP contribution in [0.25, 0.3) is 0 Å². The van der Waals surface area contributed by atoms with Crippen LogP contribution in [0, 0.1) is 0 Å². The average Bonchev–Trinajstić information content (AvgIpc) is 3.43. The molecule has 3 N–H and O–H groups in total. The Kier molecular flexibility index (Phi) is 10.7. The van der Waals surface area contributed by atoms with Gasteiger partial charge in [-0.25, -0.2) is 14.4 Å². The summed E-state index contributed by atoms with van der Waals surface area (Å²) in [6, 6.07) is 21.9. The smallest absolute Gasteiger partial charge is 0.410 e. The van der Waals surface area contributed by atoms with E-state index in [9.17, 15) is 29.1 Å². The van der Waals surface area contributed by atoms with Crippen LogP contribution in [0.4, 0.5) is 15.5 Å². The molecular formula is C36H35N3O8S2. The molecule has 1 atom stereocenters. The molecule has 5 rings (SSSR count). The Labute approximate surface area is 291 Å². The molecule has 0 aliphatic carbocycles. The number of carbonyl (C=O) groups is 5. The van der Waals surface area contributed by atoms with E-state index in [0.29, 0.717) is 34.1 Å². The maximum Gasteiger partial charge on any atom is 0.410 e. The first-order valence-electron chi connectivity index (χ1n) is 15.3. The van der Waals surface area contributed by atoms with Gasteiger partial charge in [0.1, 0.15) is 15.9 Å². The van der Waals surface area contributed by atoms with Crippen molar-refractivity contribution in [1.82, 2.24) is 4.90 Å². The number of nitrogens with one attached hydrogen (secondary N) is 2. The van der Waals surface area contributed by atoms with Crippen LogP contribution in [0.5, 0.6) is 0 Å². The molecule has 0 spiro atoms. The van der Waals surface area contributed by atoms with E-state index < -0.39 is 40.7 Å². The third-order valence-corrected chi connectivity index (χ3v) is 9.80. The summed E-state index contributed by atoms with van der Waals surface area (Å²) in [7, 11) is 1.28. The number of fused-ring (bicyclic) bond motifs is 1. The number of carbonyl (C=O) groups excluding carboxylic acids is 4. The van der Waals surface area contributed by atoms with E-state index >= 15 is 0 Å². The fraction of sp³-hybridized carbons (Fsp3) is 0.250. The molecule has 0 saturated heterocycles. The van der Waals surface area contributed by atoms with Crippen LogP contribution in [0.3, 0.4) is 0 Å². The summed E-state index contributed by atoms with van der Waals surface area (Å²) in [5, 5.41) is 14.8. The maximum atomic E-state index is 14.1. The molecule has 1 aromatic heterocycles. The van der Waals surface area contributed by atoms with Crippen molar-refractivity contribution in [2.75, 3.05) is 24.3 Å². The highest BCUT2D eigenvalue weighted by molar-refractivity contribution is 8.00. The van der Waals surface area contributed by atoms with Crippen LogP contribution in [0.15, 0.2) is 83.8 Å². The summed E-state index contributed by atoms with van der Waals surface area (Å²) in [6.07, 6.45) is -0.0701. The van der Waals surface area contributed by atoms with Crippen molar-refractivity contribution < 1.29 is 38.6 Å². The third kappa shape index (κ3) is 8.48. The van der Waals surface area contributed by atoms with Crippen molar-refractivity contribution in [3.63, 3.8) is 0 Å². The number of benzene rings is 3. The second-order valence-electron chi connectivity index (χ2n) is 12.1. The molecule has 4 aromatic rings. The number of hydrogen-bond donors (Lipinski definition) is 3. The number of ether oxygens (including phenoxy) is 2. The largest absolute Gasteiger partial charge is 0.478 e. The molecule has 1 unspecified atom stereocenters. The van der Waals surface area contributed by atoms with Gasteiger partial charge in [-0.15, -0.1) is 23.1 Å². The van der Waals surface area contributed by atoms with Crippen molar-refractivity contribution in [3.05, 3.63) is 112 Å². The van der Waals surface area contributed by atoms with Gasteiger partial charge in [0.05, 0.1) is 30.3 Å². The number of nitrogens with zero attached hydrogens (tertiary/aromatic N) is 1. The number of carboxylic acid groups (broad SMARTS) is 1. The molecule has 3 aromatic carbocycles. The van der Waals surface area contributed by atoms with E-state index in [0.717, 1.165) is 10.4 Å². The summed E-state index contributed by atoms with van der Waals surface area (Å²) < 4.78 is 10.6. The molecule has 254 valence electrons. The van der Waals surface area contributed by atoms with E-state index in [1.165, 1.54) is 42.3 Å². The van der Waals surface area contributed by atoms with Crippen LogP contribution in [0.1, 0.15) is 73.1 Å². The highest BCUT2D eigenvalue weighted by Gasteiger charge is 2.34. The van der Waals surface area contributed by atoms with Gasteiger partial charge in [0, 0.05) is 22.0 Å².